The highest BCUT2D eigenvalue weighted by atomic mass is 16.5. The van der Waals surface area contributed by atoms with Crippen LogP contribution >= 0.6 is 0 Å². The van der Waals surface area contributed by atoms with E-state index in [9.17, 15) is 14.4 Å². The fourth-order valence-corrected chi connectivity index (χ4v) is 2.94. The number of hydrogen-bond donors (Lipinski definition) is 1. The Morgan fingerprint density at radius 1 is 1.15 bits per heavy atom. The van der Waals surface area contributed by atoms with E-state index < -0.39 is 6.10 Å². The molecule has 1 unspecified atom stereocenters. The smallest absolute Gasteiger partial charge is 0.265 e. The van der Waals surface area contributed by atoms with E-state index in [0.717, 1.165) is 18.7 Å². The zero-order valence-electron chi connectivity index (χ0n) is 15.4. The minimum absolute atomic E-state index is 0.0610. The van der Waals surface area contributed by atoms with Crippen LogP contribution in [-0.2, 0) is 9.59 Å². The number of anilines is 2. The summed E-state index contributed by atoms with van der Waals surface area (Å²) in [6, 6.07) is 13.9. The van der Waals surface area contributed by atoms with Gasteiger partial charge < -0.3 is 15.0 Å². The number of benzene rings is 2. The van der Waals surface area contributed by atoms with E-state index >= 15 is 0 Å². The molecule has 0 saturated carbocycles. The number of carbonyl (C=O) groups is 3. The van der Waals surface area contributed by atoms with Crippen molar-refractivity contribution in [1.82, 2.24) is 0 Å². The molecule has 0 bridgehead atoms. The van der Waals surface area contributed by atoms with Gasteiger partial charge in [-0.15, -0.1) is 0 Å². The summed E-state index contributed by atoms with van der Waals surface area (Å²) in [7, 11) is 0. The van der Waals surface area contributed by atoms with Crippen molar-refractivity contribution in [1.29, 1.82) is 0 Å². The molecule has 1 N–H and O–H groups in total. The van der Waals surface area contributed by atoms with Crippen molar-refractivity contribution >= 4 is 29.0 Å². The fourth-order valence-electron chi connectivity index (χ4n) is 2.94. The second-order valence-corrected chi connectivity index (χ2v) is 6.53. The lowest BCUT2D eigenvalue weighted by Gasteiger charge is -2.17. The minimum atomic E-state index is -0.730. The topological polar surface area (TPSA) is 75.7 Å². The number of amides is 2. The van der Waals surface area contributed by atoms with Gasteiger partial charge in [-0.3, -0.25) is 14.4 Å². The molecule has 0 aliphatic carbocycles. The van der Waals surface area contributed by atoms with Crippen molar-refractivity contribution in [2.24, 2.45) is 0 Å². The van der Waals surface area contributed by atoms with Gasteiger partial charge in [0.1, 0.15) is 5.75 Å². The van der Waals surface area contributed by atoms with Crippen molar-refractivity contribution < 1.29 is 19.1 Å². The van der Waals surface area contributed by atoms with Crippen molar-refractivity contribution in [2.75, 3.05) is 16.8 Å². The van der Waals surface area contributed by atoms with Crippen LogP contribution in [-0.4, -0.2) is 30.2 Å². The number of nitrogens with one attached hydrogen (secondary N) is 1. The van der Waals surface area contributed by atoms with Gasteiger partial charge >= 0.3 is 0 Å². The summed E-state index contributed by atoms with van der Waals surface area (Å²) in [6.45, 7) is 3.86. The number of nitrogens with zero attached hydrogens (tertiary/aromatic N) is 1. The van der Waals surface area contributed by atoms with Gasteiger partial charge in [-0.2, -0.15) is 0 Å². The van der Waals surface area contributed by atoms with Crippen LogP contribution in [0.2, 0.25) is 0 Å². The van der Waals surface area contributed by atoms with E-state index in [1.807, 2.05) is 12.1 Å². The maximum absolute atomic E-state index is 12.4. The Hall–Kier alpha value is -3.15. The first-order valence-electron chi connectivity index (χ1n) is 8.93. The standard InChI is InChI=1S/C21H22N2O4/c1-14(24)16-5-3-6-19(13-16)27-15(2)21(26)22-17-8-10-18(11-9-17)23-12-4-7-20(23)25/h3,5-6,8-11,13,15H,4,7,12H2,1-2H3,(H,22,26). The first kappa shape index (κ1) is 18.6. The molecule has 1 saturated heterocycles. The number of ether oxygens (including phenoxy) is 1. The lowest BCUT2D eigenvalue weighted by molar-refractivity contribution is -0.122. The van der Waals surface area contributed by atoms with E-state index in [4.69, 9.17) is 4.74 Å². The molecule has 6 nitrogen and oxygen atoms in total. The fraction of sp³-hybridized carbons (Fsp3) is 0.286. The second-order valence-electron chi connectivity index (χ2n) is 6.53. The maximum Gasteiger partial charge on any atom is 0.265 e. The van der Waals surface area contributed by atoms with Gasteiger partial charge in [0, 0.05) is 29.9 Å². The zero-order valence-corrected chi connectivity index (χ0v) is 15.4. The monoisotopic (exact) mass is 366 g/mol. The summed E-state index contributed by atoms with van der Waals surface area (Å²) in [4.78, 5) is 37.3. The molecule has 0 radical (unpaired) electrons. The van der Waals surface area contributed by atoms with E-state index in [2.05, 4.69) is 5.32 Å². The maximum atomic E-state index is 12.4. The molecule has 2 aromatic rings. The molecule has 1 fully saturated rings. The summed E-state index contributed by atoms with van der Waals surface area (Å²) in [5.74, 6) is 0.234. The Kier molecular flexibility index (Phi) is 5.54. The van der Waals surface area contributed by atoms with Crippen molar-refractivity contribution in [3.8, 4) is 5.75 Å². The molecule has 140 valence electrons. The molecule has 2 aromatic carbocycles. The quantitative estimate of drug-likeness (QED) is 0.795. The highest BCUT2D eigenvalue weighted by Gasteiger charge is 2.21. The first-order valence-corrected chi connectivity index (χ1v) is 8.93. The Labute approximate surface area is 158 Å². The average molecular weight is 366 g/mol. The van der Waals surface area contributed by atoms with Crippen LogP contribution in [0.3, 0.4) is 0 Å². The third-order valence-corrected chi connectivity index (χ3v) is 4.44. The Morgan fingerprint density at radius 3 is 2.52 bits per heavy atom. The molecular formula is C21H22N2O4. The lowest BCUT2D eigenvalue weighted by atomic mass is 10.1. The van der Waals surface area contributed by atoms with Gasteiger partial charge in [-0.25, -0.2) is 0 Å². The molecule has 27 heavy (non-hydrogen) atoms. The Bertz CT molecular complexity index is 861. The van der Waals surface area contributed by atoms with Gasteiger partial charge in [-0.05, 0) is 56.7 Å². The van der Waals surface area contributed by atoms with Gasteiger partial charge in [0.05, 0.1) is 0 Å². The molecule has 6 heteroatoms. The predicted octanol–water partition coefficient (Wildman–Crippen LogP) is 3.42. The molecule has 2 amide bonds. The predicted molar refractivity (Wildman–Crippen MR) is 103 cm³/mol. The van der Waals surface area contributed by atoms with Crippen molar-refractivity contribution in [2.45, 2.75) is 32.8 Å². The molecule has 1 heterocycles. The molecule has 1 aliphatic rings. The third-order valence-electron chi connectivity index (χ3n) is 4.44. The Morgan fingerprint density at radius 2 is 1.89 bits per heavy atom. The van der Waals surface area contributed by atoms with E-state index in [1.54, 1.807) is 48.2 Å². The van der Waals surface area contributed by atoms with Crippen LogP contribution in [0, 0.1) is 0 Å². The summed E-state index contributed by atoms with van der Waals surface area (Å²) in [6.07, 6.45) is 0.724. The number of Topliss-reactive ketones (excluding diaryl/α,β-unsaturated/α-hetero) is 1. The highest BCUT2D eigenvalue weighted by Crippen LogP contribution is 2.23. The van der Waals surface area contributed by atoms with Crippen LogP contribution < -0.4 is 15.0 Å². The van der Waals surface area contributed by atoms with Crippen LogP contribution in [0.15, 0.2) is 48.5 Å². The van der Waals surface area contributed by atoms with E-state index in [-0.39, 0.29) is 17.6 Å². The van der Waals surface area contributed by atoms with Gasteiger partial charge in [0.15, 0.2) is 11.9 Å². The lowest BCUT2D eigenvalue weighted by Crippen LogP contribution is -2.30. The minimum Gasteiger partial charge on any atom is -0.481 e. The second kappa shape index (κ2) is 8.03. The van der Waals surface area contributed by atoms with E-state index in [0.29, 0.717) is 23.4 Å². The average Bonchev–Trinajstić information content (AvgIpc) is 3.08. The molecule has 0 aromatic heterocycles. The largest absolute Gasteiger partial charge is 0.481 e. The summed E-state index contributed by atoms with van der Waals surface area (Å²) >= 11 is 0. The van der Waals surface area contributed by atoms with Crippen LogP contribution in [0.5, 0.6) is 5.75 Å². The molecule has 3 rings (SSSR count). The zero-order chi connectivity index (χ0) is 19.4. The number of ketones is 1. The van der Waals surface area contributed by atoms with Crippen LogP contribution in [0.1, 0.15) is 37.0 Å². The first-order chi connectivity index (χ1) is 12.9. The van der Waals surface area contributed by atoms with Crippen LogP contribution in [0.4, 0.5) is 11.4 Å². The van der Waals surface area contributed by atoms with E-state index in [1.165, 1.54) is 6.92 Å². The summed E-state index contributed by atoms with van der Waals surface area (Å²) < 4.78 is 5.64. The summed E-state index contributed by atoms with van der Waals surface area (Å²) in [5, 5.41) is 2.79. The Balaban J connectivity index is 1.60. The molecule has 0 spiro atoms. The van der Waals surface area contributed by atoms with Crippen molar-refractivity contribution in [3.63, 3.8) is 0 Å². The molecule has 1 atom stereocenters. The normalized spacial score (nSPS) is 14.7. The molecular weight excluding hydrogens is 344 g/mol. The van der Waals surface area contributed by atoms with Crippen molar-refractivity contribution in [3.05, 3.63) is 54.1 Å². The SMILES string of the molecule is CC(=O)c1cccc(OC(C)C(=O)Nc2ccc(N3CCCC3=O)cc2)c1. The number of carbonyl (C=O) groups excluding carboxylic acids is 3. The number of hydrogen-bond acceptors (Lipinski definition) is 4. The third kappa shape index (κ3) is 4.53. The highest BCUT2D eigenvalue weighted by molar-refractivity contribution is 5.97. The number of rotatable bonds is 6. The van der Waals surface area contributed by atoms with Gasteiger partial charge in [0.2, 0.25) is 5.91 Å². The van der Waals surface area contributed by atoms with Gasteiger partial charge in [-0.1, -0.05) is 12.1 Å². The summed E-state index contributed by atoms with van der Waals surface area (Å²) in [5.41, 5.74) is 2.00. The molecule has 1 aliphatic heterocycles. The van der Waals surface area contributed by atoms with Crippen LogP contribution in [0.25, 0.3) is 0 Å². The van der Waals surface area contributed by atoms with Gasteiger partial charge in [0.25, 0.3) is 5.91 Å².